The molecule has 0 saturated carbocycles. The number of benzene rings is 3. The van der Waals surface area contributed by atoms with Crippen molar-refractivity contribution in [2.24, 2.45) is 7.05 Å². The highest BCUT2D eigenvalue weighted by Crippen LogP contribution is 2.29. The first kappa shape index (κ1) is 22.0. The molecule has 1 aromatic heterocycles. The van der Waals surface area contributed by atoms with Crippen LogP contribution in [-0.2, 0) is 18.4 Å². The normalized spacial score (nSPS) is 11.0. The quantitative estimate of drug-likeness (QED) is 0.295. The number of carbonyl (C=O) groups excluding carboxylic acids is 1. The van der Waals surface area contributed by atoms with Gasteiger partial charge in [0.1, 0.15) is 18.1 Å². The highest BCUT2D eigenvalue weighted by molar-refractivity contribution is 7.99. The molecule has 0 bridgehead atoms. The van der Waals surface area contributed by atoms with Crippen LogP contribution < -0.4 is 10.1 Å². The van der Waals surface area contributed by atoms with Gasteiger partial charge in [0, 0.05) is 12.1 Å². The van der Waals surface area contributed by atoms with Gasteiger partial charge in [0.2, 0.25) is 5.91 Å². The molecule has 4 aromatic rings. The molecule has 7 nitrogen and oxygen atoms in total. The smallest absolute Gasteiger partial charge is 0.234 e. The van der Waals surface area contributed by atoms with Crippen LogP contribution in [0, 0.1) is 6.92 Å². The van der Waals surface area contributed by atoms with Gasteiger partial charge in [-0.25, -0.2) is 0 Å². The molecule has 1 amide bonds. The number of hydrogen-bond acceptors (Lipinski definition) is 6. The van der Waals surface area contributed by atoms with E-state index in [1.165, 1.54) is 29.3 Å². The summed E-state index contributed by atoms with van der Waals surface area (Å²) in [6, 6.07) is 16.6. The van der Waals surface area contributed by atoms with Gasteiger partial charge < -0.3 is 19.7 Å². The summed E-state index contributed by atoms with van der Waals surface area (Å²) in [5.74, 6) is 1.20. The van der Waals surface area contributed by atoms with Gasteiger partial charge in [0.25, 0.3) is 0 Å². The number of hydrogen-bond donors (Lipinski definition) is 2. The predicted molar refractivity (Wildman–Crippen MR) is 126 cm³/mol. The minimum Gasteiger partial charge on any atom is -0.506 e. The number of ether oxygens (including phenoxy) is 1. The fourth-order valence-corrected chi connectivity index (χ4v) is 4.13. The van der Waals surface area contributed by atoms with Gasteiger partial charge in [-0.1, -0.05) is 53.7 Å². The maximum Gasteiger partial charge on any atom is 0.234 e. The first-order valence-electron chi connectivity index (χ1n) is 9.83. The number of anilines is 1. The van der Waals surface area contributed by atoms with E-state index in [1.54, 1.807) is 10.6 Å². The number of nitrogens with one attached hydrogen (secondary N) is 1. The van der Waals surface area contributed by atoms with Gasteiger partial charge in [-0.15, -0.1) is 10.2 Å². The van der Waals surface area contributed by atoms with Crippen molar-refractivity contribution in [1.82, 2.24) is 14.8 Å². The maximum absolute atomic E-state index is 12.3. The summed E-state index contributed by atoms with van der Waals surface area (Å²) < 4.78 is 7.80. The highest BCUT2D eigenvalue weighted by atomic mass is 35.5. The number of amides is 1. The summed E-state index contributed by atoms with van der Waals surface area (Å²) >= 11 is 7.15. The minimum atomic E-state index is -0.292. The van der Waals surface area contributed by atoms with E-state index in [-0.39, 0.29) is 29.7 Å². The average molecular weight is 469 g/mol. The van der Waals surface area contributed by atoms with Crippen molar-refractivity contribution in [3.63, 3.8) is 0 Å². The third-order valence-electron chi connectivity index (χ3n) is 5.00. The Morgan fingerprint density at radius 2 is 2.00 bits per heavy atom. The molecule has 2 N–H and O–H groups in total. The Morgan fingerprint density at radius 3 is 2.84 bits per heavy atom. The zero-order valence-electron chi connectivity index (χ0n) is 17.5. The number of phenolic OH excluding ortho intramolecular Hbond substituents is 1. The van der Waals surface area contributed by atoms with Crippen molar-refractivity contribution >= 4 is 45.7 Å². The topological polar surface area (TPSA) is 89.3 Å². The standard InChI is InChI=1S/C23H21ClN4O3S/c1-14-17-6-4-3-5-15(17)7-10-20(14)31-12-21-26-27-23(28(21)2)32-13-22(30)25-18-11-16(24)8-9-19(18)29/h3-11,29H,12-13H2,1-2H3,(H,25,30). The van der Waals surface area contributed by atoms with Crippen molar-refractivity contribution in [2.75, 3.05) is 11.1 Å². The lowest BCUT2D eigenvalue weighted by atomic mass is 10.0. The molecule has 0 unspecified atom stereocenters. The third-order valence-corrected chi connectivity index (χ3v) is 6.25. The number of carbonyl (C=O) groups is 1. The van der Waals surface area contributed by atoms with Crippen LogP contribution in [0.3, 0.4) is 0 Å². The van der Waals surface area contributed by atoms with Gasteiger partial charge >= 0.3 is 0 Å². The van der Waals surface area contributed by atoms with Gasteiger partial charge in [0.15, 0.2) is 11.0 Å². The molecule has 0 fully saturated rings. The largest absolute Gasteiger partial charge is 0.506 e. The molecule has 0 aliphatic rings. The number of halogens is 1. The van der Waals surface area contributed by atoms with E-state index < -0.39 is 0 Å². The Bertz CT molecular complexity index is 1290. The van der Waals surface area contributed by atoms with Crippen LogP contribution in [-0.4, -0.2) is 31.5 Å². The fraction of sp³-hybridized carbons (Fsp3) is 0.174. The number of thioether (sulfide) groups is 1. The predicted octanol–water partition coefficient (Wildman–Crippen LogP) is 4.95. The monoisotopic (exact) mass is 468 g/mol. The number of aromatic hydroxyl groups is 1. The Labute approximate surface area is 194 Å². The van der Waals surface area contributed by atoms with Crippen molar-refractivity contribution < 1.29 is 14.6 Å². The van der Waals surface area contributed by atoms with Gasteiger partial charge in [-0.3, -0.25) is 4.79 Å². The molecule has 4 rings (SSSR count). The van der Waals surface area contributed by atoms with Gasteiger partial charge in [0.05, 0.1) is 11.4 Å². The zero-order chi connectivity index (χ0) is 22.7. The molecule has 0 saturated heterocycles. The number of aryl methyl sites for hydroxylation is 1. The highest BCUT2D eigenvalue weighted by Gasteiger charge is 2.14. The number of rotatable bonds is 7. The molecule has 3 aromatic carbocycles. The van der Waals surface area contributed by atoms with Gasteiger partial charge in [-0.2, -0.15) is 0 Å². The molecule has 0 atom stereocenters. The Kier molecular flexibility index (Phi) is 6.53. The number of nitrogens with zero attached hydrogens (tertiary/aromatic N) is 3. The van der Waals surface area contributed by atoms with Crippen LogP contribution in [0.2, 0.25) is 5.02 Å². The summed E-state index contributed by atoms with van der Waals surface area (Å²) in [5, 5.41) is 24.1. The SMILES string of the molecule is Cc1c(OCc2nnc(SCC(=O)Nc3cc(Cl)ccc3O)n2C)ccc2ccccc12. The van der Waals surface area contributed by atoms with E-state index in [4.69, 9.17) is 16.3 Å². The third kappa shape index (κ3) is 4.81. The zero-order valence-corrected chi connectivity index (χ0v) is 19.1. The van der Waals surface area contributed by atoms with Crippen LogP contribution in [0.4, 0.5) is 5.69 Å². The Balaban J connectivity index is 1.37. The first-order chi connectivity index (χ1) is 15.4. The molecule has 164 valence electrons. The van der Waals surface area contributed by atoms with Gasteiger partial charge in [-0.05, 0) is 47.5 Å². The summed E-state index contributed by atoms with van der Waals surface area (Å²) in [5.41, 5.74) is 1.33. The number of fused-ring (bicyclic) bond motifs is 1. The molecule has 32 heavy (non-hydrogen) atoms. The summed E-state index contributed by atoms with van der Waals surface area (Å²) in [6.45, 7) is 2.29. The summed E-state index contributed by atoms with van der Waals surface area (Å²) in [4.78, 5) is 12.3. The van der Waals surface area contributed by atoms with Crippen LogP contribution in [0.5, 0.6) is 11.5 Å². The molecule has 0 aliphatic carbocycles. The maximum atomic E-state index is 12.3. The van der Waals surface area contributed by atoms with E-state index in [1.807, 2.05) is 38.2 Å². The van der Waals surface area contributed by atoms with Crippen LogP contribution in [0.25, 0.3) is 10.8 Å². The van der Waals surface area contributed by atoms with E-state index in [0.717, 1.165) is 16.7 Å². The first-order valence-corrected chi connectivity index (χ1v) is 11.2. The summed E-state index contributed by atoms with van der Waals surface area (Å²) in [7, 11) is 1.83. The lowest BCUT2D eigenvalue weighted by Crippen LogP contribution is -2.14. The van der Waals surface area contributed by atoms with E-state index in [9.17, 15) is 9.90 Å². The average Bonchev–Trinajstić information content (AvgIpc) is 3.14. The van der Waals surface area contributed by atoms with Crippen LogP contribution in [0.1, 0.15) is 11.4 Å². The van der Waals surface area contributed by atoms with E-state index >= 15 is 0 Å². The molecule has 9 heteroatoms. The number of aromatic nitrogens is 3. The van der Waals surface area contributed by atoms with Crippen molar-refractivity contribution in [2.45, 2.75) is 18.7 Å². The summed E-state index contributed by atoms with van der Waals surface area (Å²) in [6.07, 6.45) is 0. The fourth-order valence-electron chi connectivity index (χ4n) is 3.23. The molecule has 0 aliphatic heterocycles. The molecule has 0 radical (unpaired) electrons. The van der Waals surface area contributed by atoms with Crippen molar-refractivity contribution in [1.29, 1.82) is 0 Å². The second-order valence-electron chi connectivity index (χ2n) is 7.15. The molecular formula is C23H21ClN4O3S. The van der Waals surface area contributed by atoms with E-state index in [0.29, 0.717) is 16.0 Å². The van der Waals surface area contributed by atoms with Crippen molar-refractivity contribution in [3.05, 3.63) is 71.0 Å². The Hall–Kier alpha value is -3.23. The van der Waals surface area contributed by atoms with Crippen LogP contribution in [0.15, 0.2) is 59.8 Å². The lowest BCUT2D eigenvalue weighted by Gasteiger charge is -2.11. The molecule has 1 heterocycles. The second kappa shape index (κ2) is 9.50. The van der Waals surface area contributed by atoms with Crippen LogP contribution >= 0.6 is 23.4 Å². The Morgan fingerprint density at radius 1 is 1.19 bits per heavy atom. The van der Waals surface area contributed by atoms with Crippen molar-refractivity contribution in [3.8, 4) is 11.5 Å². The second-order valence-corrected chi connectivity index (χ2v) is 8.53. The number of phenols is 1. The van der Waals surface area contributed by atoms with E-state index in [2.05, 4.69) is 27.6 Å². The molecular weight excluding hydrogens is 448 g/mol. The molecule has 0 spiro atoms. The minimum absolute atomic E-state index is 0.0465. The lowest BCUT2D eigenvalue weighted by molar-refractivity contribution is -0.113.